The number of para-hydroxylation sites is 2. The molecule has 0 fully saturated rings. The maximum Gasteiger partial charge on any atom is 0.160 e. The van der Waals surface area contributed by atoms with E-state index in [9.17, 15) is 0 Å². The Bertz CT molecular complexity index is 2730. The summed E-state index contributed by atoms with van der Waals surface area (Å²) in [5, 5.41) is 5.91. The second kappa shape index (κ2) is 8.54. The molecule has 4 aromatic heterocycles. The number of furan rings is 1. The molecule has 0 N–H and O–H groups in total. The number of nitrogens with zero attached hydrogens (tertiary/aromatic N) is 2. The van der Waals surface area contributed by atoms with Gasteiger partial charge in [-0.05, 0) is 64.7 Å². The number of fused-ring (bicyclic) bond motifs is 13. The highest BCUT2D eigenvalue weighted by atomic mass is 32.1. The van der Waals surface area contributed by atoms with E-state index in [-0.39, 0.29) is 0 Å². The van der Waals surface area contributed by atoms with Gasteiger partial charge in [-0.1, -0.05) is 91.0 Å². The summed E-state index contributed by atoms with van der Waals surface area (Å²) in [5.41, 5.74) is 10.6. The molecule has 10 rings (SSSR count). The highest BCUT2D eigenvalue weighted by Crippen LogP contribution is 2.40. The summed E-state index contributed by atoms with van der Waals surface area (Å²) in [6, 6.07) is 47.7. The lowest BCUT2D eigenvalue weighted by molar-refractivity contribution is 0.672. The van der Waals surface area contributed by atoms with E-state index in [0.717, 1.165) is 55.1 Å². The van der Waals surface area contributed by atoms with Gasteiger partial charge in [0.25, 0.3) is 0 Å². The minimum Gasteiger partial charge on any atom is -0.454 e. The molecule has 0 amide bonds. The van der Waals surface area contributed by atoms with Gasteiger partial charge in [0, 0.05) is 36.3 Å². The maximum atomic E-state index is 6.57. The summed E-state index contributed by atoms with van der Waals surface area (Å²) in [6.45, 7) is 0. The van der Waals surface area contributed by atoms with Crippen molar-refractivity contribution in [1.29, 1.82) is 0 Å². The molecule has 0 spiro atoms. The standard InChI is InChI=1S/C39H22N2OS/c1-2-9-29-28(8-1)38-37(41-33-11-5-4-10-32(33)40-39(29)41)31-22-25(17-19-34(31)42-38)23-13-15-24(16-14-23)26-18-20-36-30(21-26)27-7-3-6-12-35(27)43-36/h1-22H. The van der Waals surface area contributed by atoms with E-state index in [2.05, 4.69) is 132 Å². The van der Waals surface area contributed by atoms with Gasteiger partial charge >= 0.3 is 0 Å². The molecule has 43 heavy (non-hydrogen) atoms. The molecule has 200 valence electrons. The van der Waals surface area contributed by atoms with Crippen LogP contribution in [0.25, 0.3) is 91.9 Å². The van der Waals surface area contributed by atoms with E-state index < -0.39 is 0 Å². The predicted octanol–water partition coefficient (Wildman–Crippen LogP) is 11.2. The van der Waals surface area contributed by atoms with E-state index in [4.69, 9.17) is 9.40 Å². The number of thiophene rings is 1. The number of aromatic nitrogens is 2. The molecule has 10 aromatic rings. The van der Waals surface area contributed by atoms with Gasteiger partial charge in [0.1, 0.15) is 16.7 Å². The van der Waals surface area contributed by atoms with Gasteiger partial charge in [0.05, 0.1) is 11.0 Å². The molecule has 4 heterocycles. The fourth-order valence-corrected chi connectivity index (χ4v) is 7.83. The van der Waals surface area contributed by atoms with Crippen molar-refractivity contribution >= 4 is 81.0 Å². The Labute approximate surface area is 249 Å². The molecule has 6 aromatic carbocycles. The summed E-state index contributed by atoms with van der Waals surface area (Å²) >= 11 is 1.86. The first kappa shape index (κ1) is 23.1. The average Bonchev–Trinajstić information content (AvgIpc) is 3.76. The number of hydrogen-bond acceptors (Lipinski definition) is 3. The lowest BCUT2D eigenvalue weighted by Crippen LogP contribution is -1.89. The molecule has 0 atom stereocenters. The topological polar surface area (TPSA) is 30.4 Å². The molecule has 3 nitrogen and oxygen atoms in total. The molecule has 0 aliphatic heterocycles. The van der Waals surface area contributed by atoms with Crippen molar-refractivity contribution in [2.45, 2.75) is 0 Å². The van der Waals surface area contributed by atoms with Crippen molar-refractivity contribution in [2.75, 3.05) is 0 Å². The Morgan fingerprint density at radius 3 is 1.98 bits per heavy atom. The molecule has 0 saturated carbocycles. The van der Waals surface area contributed by atoms with Crippen LogP contribution in [-0.2, 0) is 0 Å². The van der Waals surface area contributed by atoms with Gasteiger partial charge in [0.15, 0.2) is 5.58 Å². The Hall–Kier alpha value is -5.45. The lowest BCUT2D eigenvalue weighted by Gasteiger charge is -2.07. The van der Waals surface area contributed by atoms with Crippen molar-refractivity contribution in [3.8, 4) is 22.3 Å². The van der Waals surface area contributed by atoms with Crippen LogP contribution in [0.3, 0.4) is 0 Å². The Balaban J connectivity index is 1.15. The van der Waals surface area contributed by atoms with E-state index in [1.165, 1.54) is 36.9 Å². The van der Waals surface area contributed by atoms with Gasteiger partial charge in [0.2, 0.25) is 0 Å². The van der Waals surface area contributed by atoms with Crippen molar-refractivity contribution in [2.24, 2.45) is 0 Å². The quantitative estimate of drug-likeness (QED) is 0.208. The maximum absolute atomic E-state index is 6.57. The number of hydrogen-bond donors (Lipinski definition) is 0. The van der Waals surface area contributed by atoms with Crippen molar-refractivity contribution < 1.29 is 4.42 Å². The fourth-order valence-electron chi connectivity index (χ4n) is 6.74. The average molecular weight is 567 g/mol. The van der Waals surface area contributed by atoms with Crippen LogP contribution in [0.5, 0.6) is 0 Å². The van der Waals surface area contributed by atoms with Crippen LogP contribution in [0.1, 0.15) is 0 Å². The third-order valence-corrected chi connectivity index (χ3v) is 9.94. The highest BCUT2D eigenvalue weighted by molar-refractivity contribution is 7.25. The molecule has 0 saturated heterocycles. The first-order chi connectivity index (χ1) is 21.3. The van der Waals surface area contributed by atoms with E-state index in [1.807, 2.05) is 17.4 Å². The minimum atomic E-state index is 0.877. The monoisotopic (exact) mass is 566 g/mol. The Morgan fingerprint density at radius 1 is 0.512 bits per heavy atom. The Morgan fingerprint density at radius 2 is 1.14 bits per heavy atom. The molecule has 0 radical (unpaired) electrons. The second-order valence-electron chi connectivity index (χ2n) is 11.2. The third kappa shape index (κ3) is 3.27. The van der Waals surface area contributed by atoms with Gasteiger partial charge in [-0.3, -0.25) is 4.40 Å². The summed E-state index contributed by atoms with van der Waals surface area (Å²) in [6.07, 6.45) is 0. The van der Waals surface area contributed by atoms with Crippen molar-refractivity contribution in [3.05, 3.63) is 133 Å². The summed E-state index contributed by atoms with van der Waals surface area (Å²) in [4.78, 5) is 5.05. The lowest BCUT2D eigenvalue weighted by atomic mass is 9.98. The normalized spacial score (nSPS) is 12.2. The van der Waals surface area contributed by atoms with Gasteiger partial charge < -0.3 is 4.42 Å². The first-order valence-corrected chi connectivity index (χ1v) is 15.3. The third-order valence-electron chi connectivity index (χ3n) is 8.79. The number of benzene rings is 6. The van der Waals surface area contributed by atoms with E-state index in [1.54, 1.807) is 0 Å². The summed E-state index contributed by atoms with van der Waals surface area (Å²) < 4.78 is 11.5. The molecule has 0 aliphatic rings. The minimum absolute atomic E-state index is 0.877. The van der Waals surface area contributed by atoms with Crippen LogP contribution >= 0.6 is 11.3 Å². The van der Waals surface area contributed by atoms with Crippen LogP contribution in [0, 0.1) is 0 Å². The molecule has 0 unspecified atom stereocenters. The molecular formula is C39H22N2OS. The predicted molar refractivity (Wildman–Crippen MR) is 181 cm³/mol. The van der Waals surface area contributed by atoms with E-state index in [0.29, 0.717) is 0 Å². The van der Waals surface area contributed by atoms with Gasteiger partial charge in [-0.15, -0.1) is 11.3 Å². The van der Waals surface area contributed by atoms with Gasteiger partial charge in [-0.25, -0.2) is 4.98 Å². The fraction of sp³-hybridized carbons (Fsp3) is 0. The zero-order valence-electron chi connectivity index (χ0n) is 22.9. The van der Waals surface area contributed by atoms with E-state index >= 15 is 0 Å². The largest absolute Gasteiger partial charge is 0.454 e. The summed E-state index contributed by atoms with van der Waals surface area (Å²) in [7, 11) is 0. The zero-order valence-corrected chi connectivity index (χ0v) is 23.7. The highest BCUT2D eigenvalue weighted by Gasteiger charge is 2.19. The van der Waals surface area contributed by atoms with Crippen LogP contribution in [0.15, 0.2) is 138 Å². The Kier molecular flexibility index (Phi) is 4.60. The van der Waals surface area contributed by atoms with Gasteiger partial charge in [-0.2, -0.15) is 0 Å². The van der Waals surface area contributed by atoms with Crippen LogP contribution in [-0.4, -0.2) is 9.38 Å². The van der Waals surface area contributed by atoms with Crippen LogP contribution < -0.4 is 0 Å². The molecule has 4 heteroatoms. The SMILES string of the molecule is c1ccc2c(c1)nc1c3ccccc3c3oc4ccc(-c5ccc(-c6ccc7sc8ccccc8c7c6)cc5)cc4c3n21. The molecule has 0 bridgehead atoms. The number of pyridine rings is 1. The van der Waals surface area contributed by atoms with Crippen LogP contribution in [0.2, 0.25) is 0 Å². The zero-order chi connectivity index (χ0) is 28.1. The van der Waals surface area contributed by atoms with Crippen molar-refractivity contribution in [1.82, 2.24) is 9.38 Å². The van der Waals surface area contributed by atoms with Crippen LogP contribution in [0.4, 0.5) is 0 Å². The summed E-state index contributed by atoms with van der Waals surface area (Å²) in [5.74, 6) is 0. The number of imidazole rings is 1. The molecular weight excluding hydrogens is 545 g/mol. The smallest absolute Gasteiger partial charge is 0.160 e. The first-order valence-electron chi connectivity index (χ1n) is 14.5. The van der Waals surface area contributed by atoms with Crippen molar-refractivity contribution in [3.63, 3.8) is 0 Å². The number of rotatable bonds is 2. The molecule has 0 aliphatic carbocycles. The second-order valence-corrected chi connectivity index (χ2v) is 12.3.